The van der Waals surface area contributed by atoms with Crippen molar-refractivity contribution in [1.82, 2.24) is 14.9 Å². The van der Waals surface area contributed by atoms with E-state index in [0.29, 0.717) is 36.1 Å². The van der Waals surface area contributed by atoms with E-state index in [-0.39, 0.29) is 17.5 Å². The first-order chi connectivity index (χ1) is 13.5. The number of fused-ring (bicyclic) bond motifs is 1. The molecule has 0 radical (unpaired) electrons. The van der Waals surface area contributed by atoms with Gasteiger partial charge in [-0.15, -0.1) is 0 Å². The minimum absolute atomic E-state index is 0.0201. The molecule has 28 heavy (non-hydrogen) atoms. The molecule has 0 fully saturated rings. The fraction of sp³-hybridized carbons (Fsp3) is 0.348. The molecule has 5 heteroatoms. The van der Waals surface area contributed by atoms with Crippen LogP contribution in [0, 0.1) is 0 Å². The van der Waals surface area contributed by atoms with E-state index in [1.54, 1.807) is 11.0 Å². The molecule has 0 spiro atoms. The van der Waals surface area contributed by atoms with Gasteiger partial charge in [0.25, 0.3) is 5.56 Å². The zero-order chi connectivity index (χ0) is 20.1. The molecular weight excluding hydrogens is 350 g/mol. The Kier molecular flexibility index (Phi) is 6.24. The molecule has 2 aromatic carbocycles. The van der Waals surface area contributed by atoms with E-state index in [0.717, 1.165) is 12.0 Å². The highest BCUT2D eigenvalue weighted by atomic mass is 16.2. The Bertz CT molecular complexity index is 1010. The number of nitrogens with one attached hydrogen (secondary N) is 1. The van der Waals surface area contributed by atoms with E-state index >= 15 is 0 Å². The molecule has 0 atom stereocenters. The van der Waals surface area contributed by atoms with Crippen LogP contribution in [0.5, 0.6) is 0 Å². The van der Waals surface area contributed by atoms with Gasteiger partial charge in [-0.1, -0.05) is 43.3 Å². The van der Waals surface area contributed by atoms with Gasteiger partial charge in [0.15, 0.2) is 0 Å². The predicted octanol–water partition coefficient (Wildman–Crippen LogP) is 3.86. The van der Waals surface area contributed by atoms with Crippen LogP contribution >= 0.6 is 0 Å². The number of aromatic nitrogens is 2. The molecule has 1 N–H and O–H groups in total. The van der Waals surface area contributed by atoms with Crippen molar-refractivity contribution in [2.24, 2.45) is 0 Å². The maximum absolute atomic E-state index is 12.8. The fourth-order valence-electron chi connectivity index (χ4n) is 3.27. The van der Waals surface area contributed by atoms with E-state index in [2.05, 4.69) is 41.2 Å². The fourth-order valence-corrected chi connectivity index (χ4v) is 3.27. The number of hydrogen-bond acceptors (Lipinski definition) is 3. The van der Waals surface area contributed by atoms with Gasteiger partial charge < -0.3 is 9.88 Å². The molecule has 5 nitrogen and oxygen atoms in total. The second kappa shape index (κ2) is 8.83. The number of aromatic amines is 1. The Labute approximate surface area is 165 Å². The van der Waals surface area contributed by atoms with Crippen LogP contribution in [0.15, 0.2) is 53.3 Å². The highest BCUT2D eigenvalue weighted by Gasteiger charge is 2.18. The largest absolute Gasteiger partial charge is 0.333 e. The summed E-state index contributed by atoms with van der Waals surface area (Å²) in [5, 5.41) is 0.559. The molecule has 146 valence electrons. The maximum atomic E-state index is 12.8. The summed E-state index contributed by atoms with van der Waals surface area (Å²) in [6.07, 6.45) is 2.15. The first-order valence-corrected chi connectivity index (χ1v) is 9.83. The first-order valence-electron chi connectivity index (χ1n) is 9.83. The maximum Gasteiger partial charge on any atom is 0.258 e. The van der Waals surface area contributed by atoms with Crippen molar-refractivity contribution < 1.29 is 4.79 Å². The summed E-state index contributed by atoms with van der Waals surface area (Å²) < 4.78 is 0. The number of nitrogens with zero attached hydrogens (tertiary/aromatic N) is 2. The minimum atomic E-state index is -0.173. The zero-order valence-corrected chi connectivity index (χ0v) is 16.7. The summed E-state index contributed by atoms with van der Waals surface area (Å²) in [7, 11) is 0. The second-order valence-corrected chi connectivity index (χ2v) is 7.32. The summed E-state index contributed by atoms with van der Waals surface area (Å²) in [4.78, 5) is 34.2. The average molecular weight is 377 g/mol. The molecule has 3 aromatic rings. The molecule has 0 aliphatic heterocycles. The minimum Gasteiger partial charge on any atom is -0.333 e. The molecule has 0 saturated carbocycles. The van der Waals surface area contributed by atoms with Gasteiger partial charge in [0, 0.05) is 12.5 Å². The van der Waals surface area contributed by atoms with E-state index in [9.17, 15) is 9.59 Å². The van der Waals surface area contributed by atoms with E-state index in [4.69, 9.17) is 0 Å². The van der Waals surface area contributed by atoms with Gasteiger partial charge in [0.05, 0.1) is 17.4 Å². The number of aryl methyl sites for hydroxylation is 2. The Morgan fingerprint density at radius 3 is 2.43 bits per heavy atom. The van der Waals surface area contributed by atoms with Crippen LogP contribution in [-0.4, -0.2) is 26.8 Å². The van der Waals surface area contributed by atoms with Crippen LogP contribution in [0.25, 0.3) is 10.9 Å². The van der Waals surface area contributed by atoms with E-state index < -0.39 is 0 Å². The molecule has 0 aliphatic rings. The van der Waals surface area contributed by atoms with Crippen LogP contribution in [0.4, 0.5) is 0 Å². The van der Waals surface area contributed by atoms with Crippen molar-refractivity contribution >= 4 is 16.8 Å². The number of H-pyrrole nitrogens is 1. The van der Waals surface area contributed by atoms with Crippen LogP contribution in [-0.2, 0) is 24.2 Å². The number of rotatable bonds is 7. The quantitative estimate of drug-likeness (QED) is 0.680. The summed E-state index contributed by atoms with van der Waals surface area (Å²) in [5.41, 5.74) is 2.93. The Balaban J connectivity index is 1.72. The molecular formula is C23H27N3O2. The van der Waals surface area contributed by atoms with Crippen molar-refractivity contribution in [3.8, 4) is 0 Å². The number of hydrogen-bond donors (Lipinski definition) is 1. The van der Waals surface area contributed by atoms with E-state index in [1.165, 1.54) is 5.56 Å². The number of carbonyl (C=O) groups excluding carboxylic acids is 1. The normalized spacial score (nSPS) is 11.1. The second-order valence-electron chi connectivity index (χ2n) is 7.32. The van der Waals surface area contributed by atoms with Crippen LogP contribution in [0.1, 0.15) is 44.1 Å². The average Bonchev–Trinajstić information content (AvgIpc) is 2.70. The number of benzene rings is 2. The van der Waals surface area contributed by atoms with Gasteiger partial charge in [-0.3, -0.25) is 9.59 Å². The lowest BCUT2D eigenvalue weighted by molar-refractivity contribution is -0.133. The molecule has 0 aliphatic carbocycles. The Hall–Kier alpha value is -2.95. The predicted molar refractivity (Wildman–Crippen MR) is 112 cm³/mol. The lowest BCUT2D eigenvalue weighted by Crippen LogP contribution is -2.37. The van der Waals surface area contributed by atoms with Gasteiger partial charge in [0.2, 0.25) is 5.91 Å². The van der Waals surface area contributed by atoms with Gasteiger partial charge in [-0.2, -0.15) is 0 Å². The van der Waals surface area contributed by atoms with Crippen molar-refractivity contribution in [3.05, 3.63) is 75.8 Å². The summed E-state index contributed by atoms with van der Waals surface area (Å²) in [6.45, 7) is 6.38. The Morgan fingerprint density at radius 2 is 1.75 bits per heavy atom. The highest BCUT2D eigenvalue weighted by molar-refractivity contribution is 5.78. The summed E-state index contributed by atoms with van der Waals surface area (Å²) in [6, 6.07) is 15.7. The third-order valence-corrected chi connectivity index (χ3v) is 4.98. The summed E-state index contributed by atoms with van der Waals surface area (Å²) >= 11 is 0. The van der Waals surface area contributed by atoms with Gasteiger partial charge in [-0.05, 0) is 49.9 Å². The van der Waals surface area contributed by atoms with E-state index in [1.807, 2.05) is 32.0 Å². The van der Waals surface area contributed by atoms with Gasteiger partial charge in [-0.25, -0.2) is 4.98 Å². The monoisotopic (exact) mass is 377 g/mol. The third-order valence-electron chi connectivity index (χ3n) is 4.98. The van der Waals surface area contributed by atoms with Crippen LogP contribution in [0.3, 0.4) is 0 Å². The van der Waals surface area contributed by atoms with Gasteiger partial charge >= 0.3 is 0 Å². The molecule has 1 amide bonds. The smallest absolute Gasteiger partial charge is 0.258 e. The van der Waals surface area contributed by atoms with Crippen LogP contribution < -0.4 is 5.56 Å². The Morgan fingerprint density at radius 1 is 1.07 bits per heavy atom. The molecule has 1 heterocycles. The highest BCUT2D eigenvalue weighted by Crippen LogP contribution is 2.13. The molecule has 0 unspecified atom stereocenters. The lowest BCUT2D eigenvalue weighted by atomic mass is 10.1. The first kappa shape index (κ1) is 19.8. The number of para-hydroxylation sites is 1. The summed E-state index contributed by atoms with van der Waals surface area (Å²) in [5.74, 6) is 0.573. The SMILES string of the molecule is CCc1ccc(CCC(=O)N(Cc2nc3ccccc3c(=O)[nH]2)C(C)C)cc1. The molecule has 0 bridgehead atoms. The standard InChI is InChI=1S/C23H27N3O2/c1-4-17-9-11-18(12-10-17)13-14-22(27)26(16(2)3)15-21-24-20-8-6-5-7-19(20)23(28)25-21/h5-12,16H,4,13-15H2,1-3H3,(H,24,25,28). The molecule has 3 rings (SSSR count). The van der Waals surface area contributed by atoms with Crippen molar-refractivity contribution in [3.63, 3.8) is 0 Å². The third kappa shape index (κ3) is 4.66. The lowest BCUT2D eigenvalue weighted by Gasteiger charge is -2.26. The van der Waals surface area contributed by atoms with Crippen molar-refractivity contribution in [2.45, 2.75) is 52.6 Å². The topological polar surface area (TPSA) is 66.1 Å². The molecule has 1 aromatic heterocycles. The zero-order valence-electron chi connectivity index (χ0n) is 16.7. The molecule has 0 saturated heterocycles. The van der Waals surface area contributed by atoms with Crippen molar-refractivity contribution in [2.75, 3.05) is 0 Å². The van der Waals surface area contributed by atoms with Crippen LogP contribution in [0.2, 0.25) is 0 Å². The number of carbonyl (C=O) groups is 1. The van der Waals surface area contributed by atoms with Gasteiger partial charge in [0.1, 0.15) is 5.82 Å². The number of amides is 1. The van der Waals surface area contributed by atoms with Crippen molar-refractivity contribution in [1.29, 1.82) is 0 Å².